The Bertz CT molecular complexity index is 730. The summed E-state index contributed by atoms with van der Waals surface area (Å²) in [5.41, 5.74) is 2.90. The molecule has 0 fully saturated rings. The van der Waals surface area contributed by atoms with Crippen molar-refractivity contribution in [2.75, 3.05) is 25.0 Å². The number of fused-ring (bicyclic) bond motifs is 1. The summed E-state index contributed by atoms with van der Waals surface area (Å²) < 4.78 is 0. The number of thioether (sulfide) groups is 1. The minimum atomic E-state index is -0.298. The third-order valence-corrected chi connectivity index (χ3v) is 5.06. The maximum absolute atomic E-state index is 12.0. The van der Waals surface area contributed by atoms with Gasteiger partial charge in [-0.2, -0.15) is 0 Å². The Labute approximate surface area is 151 Å². The van der Waals surface area contributed by atoms with E-state index in [9.17, 15) is 9.59 Å². The van der Waals surface area contributed by atoms with Crippen LogP contribution in [0.15, 0.2) is 40.4 Å². The van der Waals surface area contributed by atoms with E-state index in [1.54, 1.807) is 11.8 Å². The van der Waals surface area contributed by atoms with Gasteiger partial charge in [-0.1, -0.05) is 30.0 Å². The van der Waals surface area contributed by atoms with E-state index >= 15 is 0 Å². The molecule has 3 rings (SSSR count). The van der Waals surface area contributed by atoms with E-state index in [1.807, 2.05) is 31.2 Å². The molecule has 132 valence electrons. The number of hydrogen-bond acceptors (Lipinski definition) is 5. The van der Waals surface area contributed by atoms with Crippen molar-refractivity contribution in [2.45, 2.75) is 26.2 Å². The smallest absolute Gasteiger partial charge is 0.233 e. The fraction of sp³-hybridized carbons (Fsp3) is 0.389. The minimum Gasteiger partial charge on any atom is -0.355 e. The van der Waals surface area contributed by atoms with Crippen molar-refractivity contribution in [3.05, 3.63) is 40.9 Å². The van der Waals surface area contributed by atoms with Gasteiger partial charge in [-0.25, -0.2) is 0 Å². The normalized spacial score (nSPS) is 16.0. The van der Waals surface area contributed by atoms with Crippen molar-refractivity contribution >= 4 is 34.4 Å². The lowest BCUT2D eigenvalue weighted by molar-refractivity contribution is -0.126. The van der Waals surface area contributed by atoms with Crippen LogP contribution < -0.4 is 10.6 Å². The average molecular weight is 358 g/mol. The van der Waals surface area contributed by atoms with Gasteiger partial charge in [0.05, 0.1) is 0 Å². The van der Waals surface area contributed by atoms with Gasteiger partial charge in [0.25, 0.3) is 0 Å². The fourth-order valence-electron chi connectivity index (χ4n) is 2.78. The van der Waals surface area contributed by atoms with Crippen LogP contribution in [0.4, 0.5) is 5.69 Å². The van der Waals surface area contributed by atoms with E-state index in [-0.39, 0.29) is 18.2 Å². The zero-order valence-corrected chi connectivity index (χ0v) is 15.1. The van der Waals surface area contributed by atoms with Crippen LogP contribution in [-0.2, 0) is 9.59 Å². The molecule has 0 unspecified atom stereocenters. The molecule has 1 aromatic carbocycles. The van der Waals surface area contributed by atoms with E-state index in [4.69, 9.17) is 0 Å². The van der Waals surface area contributed by atoms with Crippen LogP contribution in [0.1, 0.15) is 24.8 Å². The number of aryl methyl sites for hydroxylation is 1. The Kier molecular flexibility index (Phi) is 5.75. The molecule has 2 heterocycles. The predicted molar refractivity (Wildman–Crippen MR) is 101 cm³/mol. The van der Waals surface area contributed by atoms with Gasteiger partial charge in [0.15, 0.2) is 5.17 Å². The molecule has 0 bridgehead atoms. The summed E-state index contributed by atoms with van der Waals surface area (Å²) in [5.74, 6) is -0.558. The summed E-state index contributed by atoms with van der Waals surface area (Å²) in [6.07, 6.45) is 1.64. The number of aliphatic imine (C=N–C) groups is 1. The van der Waals surface area contributed by atoms with Gasteiger partial charge < -0.3 is 15.5 Å². The average Bonchev–Trinajstić information content (AvgIpc) is 3.00. The number of carbonyl (C=O) groups is 2. The number of benzene rings is 1. The van der Waals surface area contributed by atoms with Crippen LogP contribution in [0.25, 0.3) is 0 Å². The number of para-hydroxylation sites is 1. The summed E-state index contributed by atoms with van der Waals surface area (Å²) in [4.78, 5) is 30.6. The van der Waals surface area contributed by atoms with Crippen molar-refractivity contribution in [1.29, 1.82) is 0 Å². The monoisotopic (exact) mass is 358 g/mol. The molecule has 0 saturated carbocycles. The number of rotatable bonds is 6. The summed E-state index contributed by atoms with van der Waals surface area (Å²) in [6, 6.07) is 7.51. The molecule has 0 spiro atoms. The third-order valence-electron chi connectivity index (χ3n) is 4.11. The number of nitrogens with zero attached hydrogens (tertiary/aromatic N) is 2. The van der Waals surface area contributed by atoms with E-state index in [0.717, 1.165) is 42.3 Å². The lowest BCUT2D eigenvalue weighted by Crippen LogP contribution is -2.33. The summed E-state index contributed by atoms with van der Waals surface area (Å²) in [6.45, 7) is 4.32. The first-order valence-corrected chi connectivity index (χ1v) is 9.31. The highest BCUT2D eigenvalue weighted by atomic mass is 32.2. The van der Waals surface area contributed by atoms with Gasteiger partial charge in [-0.15, -0.1) is 0 Å². The molecule has 2 aliphatic heterocycles. The topological polar surface area (TPSA) is 73.8 Å². The highest BCUT2D eigenvalue weighted by Crippen LogP contribution is 2.30. The second kappa shape index (κ2) is 8.20. The number of hydrogen-bond donors (Lipinski definition) is 2. The molecular weight excluding hydrogens is 336 g/mol. The van der Waals surface area contributed by atoms with Crippen molar-refractivity contribution < 1.29 is 9.59 Å². The van der Waals surface area contributed by atoms with E-state index in [0.29, 0.717) is 6.54 Å². The maximum Gasteiger partial charge on any atom is 0.233 e. The second-order valence-corrected chi connectivity index (χ2v) is 6.87. The lowest BCUT2D eigenvalue weighted by atomic mass is 10.2. The van der Waals surface area contributed by atoms with E-state index in [2.05, 4.69) is 25.9 Å². The molecule has 2 N–H and O–H groups in total. The van der Waals surface area contributed by atoms with Gasteiger partial charge in [0.2, 0.25) is 11.8 Å². The SMILES string of the molecule is Cc1ccccc1NC(=O)CC(=O)NCCC1=CSC2=NCCCN12. The molecular formula is C18H22N4O2S. The number of anilines is 1. The number of nitrogens with one attached hydrogen (secondary N) is 2. The number of amidine groups is 1. The highest BCUT2D eigenvalue weighted by Gasteiger charge is 2.24. The van der Waals surface area contributed by atoms with Gasteiger partial charge >= 0.3 is 0 Å². The Morgan fingerprint density at radius 2 is 2.12 bits per heavy atom. The van der Waals surface area contributed by atoms with Crippen molar-refractivity contribution in [2.24, 2.45) is 4.99 Å². The van der Waals surface area contributed by atoms with Crippen molar-refractivity contribution in [1.82, 2.24) is 10.2 Å². The zero-order valence-electron chi connectivity index (χ0n) is 14.2. The highest BCUT2D eigenvalue weighted by molar-refractivity contribution is 8.16. The molecule has 1 aromatic rings. The molecule has 0 saturated heterocycles. The minimum absolute atomic E-state index is 0.168. The molecule has 0 atom stereocenters. The molecule has 2 aliphatic rings. The molecule has 2 amide bonds. The first kappa shape index (κ1) is 17.5. The lowest BCUT2D eigenvalue weighted by Gasteiger charge is -2.25. The first-order valence-electron chi connectivity index (χ1n) is 8.43. The first-order chi connectivity index (χ1) is 12.1. The van der Waals surface area contributed by atoms with Crippen LogP contribution in [-0.4, -0.2) is 41.5 Å². The number of carbonyl (C=O) groups excluding carboxylic acids is 2. The van der Waals surface area contributed by atoms with Gasteiger partial charge in [0, 0.05) is 37.4 Å². The van der Waals surface area contributed by atoms with Gasteiger partial charge in [0.1, 0.15) is 6.42 Å². The third kappa shape index (κ3) is 4.63. The van der Waals surface area contributed by atoms with Crippen LogP contribution in [0.5, 0.6) is 0 Å². The maximum atomic E-state index is 12.0. The van der Waals surface area contributed by atoms with E-state index < -0.39 is 0 Å². The summed E-state index contributed by atoms with van der Waals surface area (Å²) >= 11 is 1.64. The standard InChI is InChI=1S/C18H22N4O2S/c1-13-5-2-3-6-15(13)21-17(24)11-16(23)19-9-7-14-12-25-18-20-8-4-10-22(14)18/h2-3,5-6,12H,4,7-11H2,1H3,(H,19,23)(H,21,24). The Morgan fingerprint density at radius 1 is 1.28 bits per heavy atom. The molecule has 0 aromatic heterocycles. The predicted octanol–water partition coefficient (Wildman–Crippen LogP) is 2.48. The second-order valence-electron chi connectivity index (χ2n) is 6.04. The largest absolute Gasteiger partial charge is 0.355 e. The van der Waals surface area contributed by atoms with E-state index in [1.165, 1.54) is 5.70 Å². The Balaban J connectivity index is 1.40. The Morgan fingerprint density at radius 3 is 2.96 bits per heavy atom. The molecule has 0 radical (unpaired) electrons. The van der Waals surface area contributed by atoms with Crippen LogP contribution in [0.2, 0.25) is 0 Å². The molecule has 25 heavy (non-hydrogen) atoms. The van der Waals surface area contributed by atoms with Gasteiger partial charge in [-0.3, -0.25) is 14.6 Å². The van der Waals surface area contributed by atoms with Crippen molar-refractivity contribution in [3.63, 3.8) is 0 Å². The van der Waals surface area contributed by atoms with Crippen LogP contribution in [0.3, 0.4) is 0 Å². The van der Waals surface area contributed by atoms with Crippen molar-refractivity contribution in [3.8, 4) is 0 Å². The fourth-order valence-corrected chi connectivity index (χ4v) is 3.76. The molecule has 7 heteroatoms. The summed E-state index contributed by atoms with van der Waals surface area (Å²) in [7, 11) is 0. The number of amides is 2. The van der Waals surface area contributed by atoms with Crippen LogP contribution in [0, 0.1) is 6.92 Å². The zero-order chi connectivity index (χ0) is 17.6. The molecule has 0 aliphatic carbocycles. The van der Waals surface area contributed by atoms with Crippen LogP contribution >= 0.6 is 11.8 Å². The Hall–Kier alpha value is -2.28. The quantitative estimate of drug-likeness (QED) is 0.766. The molecule has 6 nitrogen and oxygen atoms in total. The van der Waals surface area contributed by atoms with Gasteiger partial charge in [-0.05, 0) is 30.4 Å². The summed E-state index contributed by atoms with van der Waals surface area (Å²) in [5, 5.41) is 8.75.